The fraction of sp³-hybridized carbons (Fsp3) is 0.304. The van der Waals surface area contributed by atoms with Gasteiger partial charge in [0, 0.05) is 43.5 Å². The van der Waals surface area contributed by atoms with Crippen molar-refractivity contribution in [2.75, 3.05) is 38.2 Å². The van der Waals surface area contributed by atoms with E-state index >= 15 is 0 Å². The standard InChI is InChI=1S/C23H22F3N3O4/c1-15-20(21(27-33-15)16-5-3-8-19(13-16)32-23(24,25)26)22(30)29-11-9-28(10-12-29)17-6-4-7-18(14-17)31-2/h3-8,13-14H,9-12H2,1-2H3. The van der Waals surface area contributed by atoms with Crippen molar-refractivity contribution in [3.8, 4) is 22.8 Å². The fourth-order valence-corrected chi connectivity index (χ4v) is 3.79. The smallest absolute Gasteiger partial charge is 0.497 e. The molecule has 1 fully saturated rings. The second-order valence-electron chi connectivity index (χ2n) is 7.52. The van der Waals surface area contributed by atoms with Gasteiger partial charge in [-0.15, -0.1) is 13.2 Å². The molecule has 1 aromatic heterocycles. The SMILES string of the molecule is COc1cccc(N2CCN(C(=O)c3c(-c4cccc(OC(F)(F)F)c4)noc3C)CC2)c1. The van der Waals surface area contributed by atoms with Crippen LogP contribution in [0.3, 0.4) is 0 Å². The van der Waals surface area contributed by atoms with E-state index in [9.17, 15) is 18.0 Å². The van der Waals surface area contributed by atoms with Gasteiger partial charge in [-0.2, -0.15) is 0 Å². The molecule has 2 heterocycles. The molecular weight excluding hydrogens is 439 g/mol. The van der Waals surface area contributed by atoms with Crippen LogP contribution in [-0.2, 0) is 0 Å². The van der Waals surface area contributed by atoms with Crippen LogP contribution in [-0.4, -0.2) is 55.6 Å². The summed E-state index contributed by atoms with van der Waals surface area (Å²) in [6.45, 7) is 3.78. The number of aromatic nitrogens is 1. The molecule has 1 aliphatic rings. The lowest BCUT2D eigenvalue weighted by Gasteiger charge is -2.36. The first-order valence-electron chi connectivity index (χ1n) is 10.3. The minimum absolute atomic E-state index is 0.181. The highest BCUT2D eigenvalue weighted by molar-refractivity contribution is 6.01. The van der Waals surface area contributed by atoms with E-state index in [0.717, 1.165) is 11.4 Å². The zero-order valence-corrected chi connectivity index (χ0v) is 18.1. The van der Waals surface area contributed by atoms with E-state index in [-0.39, 0.29) is 17.2 Å². The van der Waals surface area contributed by atoms with E-state index in [1.165, 1.54) is 18.2 Å². The third-order valence-electron chi connectivity index (χ3n) is 5.40. The number of rotatable bonds is 5. The molecule has 0 spiro atoms. The highest BCUT2D eigenvalue weighted by Gasteiger charge is 2.32. The van der Waals surface area contributed by atoms with Gasteiger partial charge in [-0.1, -0.05) is 23.4 Å². The van der Waals surface area contributed by atoms with Gasteiger partial charge in [-0.05, 0) is 31.2 Å². The summed E-state index contributed by atoms with van der Waals surface area (Å²) in [4.78, 5) is 17.2. The van der Waals surface area contributed by atoms with Crippen molar-refractivity contribution in [1.29, 1.82) is 0 Å². The molecule has 174 valence electrons. The first-order chi connectivity index (χ1) is 15.7. The number of hydrogen-bond acceptors (Lipinski definition) is 6. The number of carbonyl (C=O) groups is 1. The van der Waals surface area contributed by atoms with Crippen LogP contribution in [0, 0.1) is 6.92 Å². The molecule has 0 unspecified atom stereocenters. The number of hydrogen-bond donors (Lipinski definition) is 0. The van der Waals surface area contributed by atoms with E-state index in [0.29, 0.717) is 37.5 Å². The third kappa shape index (κ3) is 5.05. The van der Waals surface area contributed by atoms with E-state index in [1.54, 1.807) is 25.0 Å². The Morgan fingerprint density at radius 1 is 1.03 bits per heavy atom. The van der Waals surface area contributed by atoms with E-state index < -0.39 is 12.1 Å². The first-order valence-corrected chi connectivity index (χ1v) is 10.3. The fourth-order valence-electron chi connectivity index (χ4n) is 3.79. The summed E-state index contributed by atoms with van der Waals surface area (Å²) < 4.78 is 52.3. The Balaban J connectivity index is 1.51. The average molecular weight is 461 g/mol. The Labute approximate surface area is 188 Å². The molecule has 3 aromatic rings. The molecule has 0 aliphatic carbocycles. The number of aryl methyl sites for hydroxylation is 1. The maximum atomic E-state index is 13.3. The predicted octanol–water partition coefficient (Wildman–Crippen LogP) is 4.52. The maximum Gasteiger partial charge on any atom is 0.573 e. The molecule has 2 aromatic carbocycles. The Morgan fingerprint density at radius 3 is 2.42 bits per heavy atom. The quantitative estimate of drug-likeness (QED) is 0.557. The van der Waals surface area contributed by atoms with Crippen molar-refractivity contribution in [1.82, 2.24) is 10.1 Å². The molecule has 0 radical (unpaired) electrons. The molecule has 4 rings (SSSR count). The van der Waals surface area contributed by atoms with Crippen LogP contribution in [0.4, 0.5) is 18.9 Å². The van der Waals surface area contributed by atoms with Crippen molar-refractivity contribution in [2.45, 2.75) is 13.3 Å². The molecule has 0 bridgehead atoms. The Bertz CT molecular complexity index is 1140. The van der Waals surface area contributed by atoms with Crippen LogP contribution in [0.5, 0.6) is 11.5 Å². The lowest BCUT2D eigenvalue weighted by molar-refractivity contribution is -0.274. The van der Waals surface area contributed by atoms with E-state index in [2.05, 4.69) is 14.8 Å². The second-order valence-corrected chi connectivity index (χ2v) is 7.52. The number of ether oxygens (including phenoxy) is 2. The summed E-state index contributed by atoms with van der Waals surface area (Å²) in [5, 5.41) is 3.94. The number of amides is 1. The molecule has 0 N–H and O–H groups in total. The number of piperazine rings is 1. The van der Waals surface area contributed by atoms with Gasteiger partial charge in [-0.25, -0.2) is 0 Å². The molecule has 7 nitrogen and oxygen atoms in total. The highest BCUT2D eigenvalue weighted by Crippen LogP contribution is 2.31. The Morgan fingerprint density at radius 2 is 1.73 bits per heavy atom. The largest absolute Gasteiger partial charge is 0.573 e. The molecule has 33 heavy (non-hydrogen) atoms. The molecular formula is C23H22F3N3O4. The molecule has 0 saturated carbocycles. The number of carbonyl (C=O) groups excluding carboxylic acids is 1. The lowest BCUT2D eigenvalue weighted by atomic mass is 10.0. The number of nitrogens with zero attached hydrogens (tertiary/aromatic N) is 3. The van der Waals surface area contributed by atoms with Gasteiger partial charge in [0.1, 0.15) is 28.5 Å². The molecule has 0 atom stereocenters. The Kier molecular flexibility index (Phi) is 6.17. The van der Waals surface area contributed by atoms with Crippen LogP contribution < -0.4 is 14.4 Å². The summed E-state index contributed by atoms with van der Waals surface area (Å²) in [6.07, 6.45) is -4.82. The zero-order chi connectivity index (χ0) is 23.6. The van der Waals surface area contributed by atoms with Gasteiger partial charge in [0.05, 0.1) is 7.11 Å². The summed E-state index contributed by atoms with van der Waals surface area (Å²) in [6, 6.07) is 13.0. The van der Waals surface area contributed by atoms with Crippen LogP contribution in [0.15, 0.2) is 53.1 Å². The molecule has 10 heteroatoms. The maximum absolute atomic E-state index is 13.3. The van der Waals surface area contributed by atoms with Crippen LogP contribution >= 0.6 is 0 Å². The number of benzene rings is 2. The van der Waals surface area contributed by atoms with Crippen molar-refractivity contribution < 1.29 is 32.0 Å². The van der Waals surface area contributed by atoms with Gasteiger partial charge in [0.25, 0.3) is 5.91 Å². The second kappa shape index (κ2) is 9.05. The van der Waals surface area contributed by atoms with Crippen molar-refractivity contribution >= 4 is 11.6 Å². The van der Waals surface area contributed by atoms with Crippen molar-refractivity contribution in [2.24, 2.45) is 0 Å². The van der Waals surface area contributed by atoms with E-state index in [4.69, 9.17) is 9.26 Å². The lowest BCUT2D eigenvalue weighted by Crippen LogP contribution is -2.49. The van der Waals surface area contributed by atoms with Crippen LogP contribution in [0.1, 0.15) is 16.1 Å². The Hall–Kier alpha value is -3.69. The number of anilines is 1. The van der Waals surface area contributed by atoms with Crippen LogP contribution in [0.2, 0.25) is 0 Å². The third-order valence-corrected chi connectivity index (χ3v) is 5.40. The highest BCUT2D eigenvalue weighted by atomic mass is 19.4. The summed E-state index contributed by atoms with van der Waals surface area (Å²) >= 11 is 0. The number of halogens is 3. The van der Waals surface area contributed by atoms with Gasteiger partial charge in [0.15, 0.2) is 0 Å². The van der Waals surface area contributed by atoms with Crippen molar-refractivity contribution in [3.63, 3.8) is 0 Å². The number of methoxy groups -OCH3 is 1. The van der Waals surface area contributed by atoms with Crippen molar-refractivity contribution in [3.05, 3.63) is 59.9 Å². The van der Waals surface area contributed by atoms with Crippen LogP contribution in [0.25, 0.3) is 11.3 Å². The monoisotopic (exact) mass is 461 g/mol. The average Bonchev–Trinajstić information content (AvgIpc) is 3.19. The first kappa shape index (κ1) is 22.5. The molecule has 1 aliphatic heterocycles. The zero-order valence-electron chi connectivity index (χ0n) is 18.1. The van der Waals surface area contributed by atoms with Gasteiger partial charge in [0.2, 0.25) is 0 Å². The topological polar surface area (TPSA) is 68.0 Å². The summed E-state index contributed by atoms with van der Waals surface area (Å²) in [7, 11) is 1.61. The minimum atomic E-state index is -4.82. The predicted molar refractivity (Wildman–Crippen MR) is 114 cm³/mol. The van der Waals surface area contributed by atoms with Gasteiger partial charge < -0.3 is 23.8 Å². The summed E-state index contributed by atoms with van der Waals surface area (Å²) in [5.41, 5.74) is 1.71. The van der Waals surface area contributed by atoms with Gasteiger partial charge in [-0.3, -0.25) is 4.79 Å². The normalized spacial score (nSPS) is 14.3. The van der Waals surface area contributed by atoms with E-state index in [1.807, 2.05) is 24.3 Å². The minimum Gasteiger partial charge on any atom is -0.497 e. The summed E-state index contributed by atoms with van der Waals surface area (Å²) in [5.74, 6) is 0.377. The molecule has 1 amide bonds. The number of alkyl halides is 3. The molecule has 1 saturated heterocycles. The van der Waals surface area contributed by atoms with Gasteiger partial charge >= 0.3 is 6.36 Å².